The van der Waals surface area contributed by atoms with Crippen LogP contribution >= 0.6 is 0 Å². The molecule has 0 heterocycles. The Labute approximate surface area is 118 Å². The SMILES string of the molecule is Cc1cc(C)c(S(=O)(=O)N=C2C=CC(=O)C=C2)cc1C. The molecule has 0 saturated heterocycles. The molecular weight excluding hydrogens is 274 g/mol. The van der Waals surface area contributed by atoms with Crippen molar-refractivity contribution in [2.75, 3.05) is 0 Å². The summed E-state index contributed by atoms with van der Waals surface area (Å²) in [6, 6.07) is 3.46. The Kier molecular flexibility index (Phi) is 3.72. The maximum Gasteiger partial charge on any atom is 0.283 e. The molecule has 2 rings (SSSR count). The number of sulfonamides is 1. The smallest absolute Gasteiger partial charge is 0.283 e. The zero-order chi connectivity index (χ0) is 14.9. The summed E-state index contributed by atoms with van der Waals surface area (Å²) in [7, 11) is -3.77. The molecule has 0 radical (unpaired) electrons. The van der Waals surface area contributed by atoms with Crippen LogP contribution in [0, 0.1) is 20.8 Å². The fourth-order valence-corrected chi connectivity index (χ4v) is 3.20. The van der Waals surface area contributed by atoms with Crippen LogP contribution in [-0.2, 0) is 14.8 Å². The normalized spacial score (nSPS) is 14.8. The first kappa shape index (κ1) is 14.4. The van der Waals surface area contributed by atoms with Crippen LogP contribution in [-0.4, -0.2) is 19.9 Å². The van der Waals surface area contributed by atoms with E-state index >= 15 is 0 Å². The van der Waals surface area contributed by atoms with E-state index in [1.165, 1.54) is 24.3 Å². The molecule has 0 spiro atoms. The van der Waals surface area contributed by atoms with Crippen LogP contribution < -0.4 is 0 Å². The summed E-state index contributed by atoms with van der Waals surface area (Å²) in [4.78, 5) is 11.2. The molecule has 4 nitrogen and oxygen atoms in total. The van der Waals surface area contributed by atoms with Gasteiger partial charge in [-0.1, -0.05) is 6.07 Å². The number of hydrogen-bond acceptors (Lipinski definition) is 3. The molecular formula is C15H15NO3S. The maximum absolute atomic E-state index is 12.3. The quantitative estimate of drug-likeness (QED) is 0.785. The molecule has 0 aliphatic heterocycles. The van der Waals surface area contributed by atoms with E-state index < -0.39 is 10.0 Å². The molecule has 20 heavy (non-hydrogen) atoms. The van der Waals surface area contributed by atoms with E-state index in [1.807, 2.05) is 19.9 Å². The number of carbonyl (C=O) groups is 1. The highest BCUT2D eigenvalue weighted by Gasteiger charge is 2.17. The minimum absolute atomic E-state index is 0.177. The Balaban J connectivity index is 2.49. The zero-order valence-corrected chi connectivity index (χ0v) is 12.4. The fraction of sp³-hybridized carbons (Fsp3) is 0.200. The van der Waals surface area contributed by atoms with Gasteiger partial charge in [-0.05, 0) is 67.8 Å². The Hall–Kier alpha value is -2.01. The van der Waals surface area contributed by atoms with Crippen molar-refractivity contribution in [1.82, 2.24) is 0 Å². The number of aryl methyl sites for hydroxylation is 3. The number of benzene rings is 1. The van der Waals surface area contributed by atoms with E-state index in [4.69, 9.17) is 0 Å². The zero-order valence-electron chi connectivity index (χ0n) is 11.5. The van der Waals surface area contributed by atoms with E-state index in [1.54, 1.807) is 13.0 Å². The lowest BCUT2D eigenvalue weighted by Gasteiger charge is -2.08. The van der Waals surface area contributed by atoms with Crippen molar-refractivity contribution >= 4 is 21.5 Å². The van der Waals surface area contributed by atoms with Crippen molar-refractivity contribution in [3.05, 3.63) is 53.1 Å². The van der Waals surface area contributed by atoms with Gasteiger partial charge in [-0.2, -0.15) is 12.8 Å². The third kappa shape index (κ3) is 2.93. The first-order valence-electron chi connectivity index (χ1n) is 6.12. The summed E-state index contributed by atoms with van der Waals surface area (Å²) >= 11 is 0. The van der Waals surface area contributed by atoms with Crippen LogP contribution in [0.3, 0.4) is 0 Å². The highest BCUT2D eigenvalue weighted by Crippen LogP contribution is 2.22. The number of hydrogen-bond donors (Lipinski definition) is 0. The Morgan fingerprint density at radius 1 is 0.850 bits per heavy atom. The van der Waals surface area contributed by atoms with Crippen molar-refractivity contribution in [3.63, 3.8) is 0 Å². The highest BCUT2D eigenvalue weighted by molar-refractivity contribution is 7.90. The first-order chi connectivity index (χ1) is 9.29. The van der Waals surface area contributed by atoms with Crippen molar-refractivity contribution in [3.8, 4) is 0 Å². The molecule has 0 saturated carbocycles. The molecule has 1 aromatic carbocycles. The average molecular weight is 289 g/mol. The van der Waals surface area contributed by atoms with Crippen molar-refractivity contribution in [2.45, 2.75) is 25.7 Å². The van der Waals surface area contributed by atoms with Crippen molar-refractivity contribution in [2.24, 2.45) is 4.40 Å². The van der Waals surface area contributed by atoms with E-state index in [0.29, 0.717) is 5.56 Å². The van der Waals surface area contributed by atoms with Gasteiger partial charge < -0.3 is 0 Å². The molecule has 0 amide bonds. The minimum Gasteiger partial charge on any atom is -0.290 e. The molecule has 1 aliphatic rings. The summed E-state index contributed by atoms with van der Waals surface area (Å²) < 4.78 is 28.4. The predicted octanol–water partition coefficient (Wildman–Crippen LogP) is 2.44. The number of rotatable bonds is 2. The highest BCUT2D eigenvalue weighted by atomic mass is 32.2. The Morgan fingerprint density at radius 2 is 1.40 bits per heavy atom. The predicted molar refractivity (Wildman–Crippen MR) is 78.6 cm³/mol. The maximum atomic E-state index is 12.3. The first-order valence-corrected chi connectivity index (χ1v) is 7.56. The second-order valence-electron chi connectivity index (χ2n) is 4.76. The molecule has 1 aromatic rings. The van der Waals surface area contributed by atoms with Gasteiger partial charge >= 0.3 is 0 Å². The summed E-state index contributed by atoms with van der Waals surface area (Å²) in [6.45, 7) is 5.54. The van der Waals surface area contributed by atoms with Crippen LogP contribution in [0.15, 0.2) is 45.7 Å². The molecule has 0 aromatic heterocycles. The summed E-state index contributed by atoms with van der Waals surface area (Å²) in [6.07, 6.45) is 5.38. The van der Waals surface area contributed by atoms with Crippen LogP contribution in [0.2, 0.25) is 0 Å². The van der Waals surface area contributed by atoms with Gasteiger partial charge in [-0.15, -0.1) is 0 Å². The topological polar surface area (TPSA) is 63.6 Å². The number of nitrogens with zero attached hydrogens (tertiary/aromatic N) is 1. The van der Waals surface area contributed by atoms with Gasteiger partial charge in [0, 0.05) is 0 Å². The van der Waals surface area contributed by atoms with Crippen molar-refractivity contribution in [1.29, 1.82) is 0 Å². The van der Waals surface area contributed by atoms with Gasteiger partial charge in [0.1, 0.15) is 0 Å². The summed E-state index contributed by atoms with van der Waals surface area (Å²) in [5.74, 6) is -0.177. The van der Waals surface area contributed by atoms with E-state index in [9.17, 15) is 13.2 Å². The fourth-order valence-electron chi connectivity index (χ4n) is 1.91. The lowest BCUT2D eigenvalue weighted by molar-refractivity contribution is -0.110. The minimum atomic E-state index is -3.77. The number of carbonyl (C=O) groups excluding carboxylic acids is 1. The Morgan fingerprint density at radius 3 is 2.00 bits per heavy atom. The molecule has 104 valence electrons. The van der Waals surface area contributed by atoms with E-state index in [-0.39, 0.29) is 16.4 Å². The second kappa shape index (κ2) is 5.17. The van der Waals surface area contributed by atoms with Crippen LogP contribution in [0.25, 0.3) is 0 Å². The van der Waals surface area contributed by atoms with Crippen LogP contribution in [0.4, 0.5) is 0 Å². The molecule has 1 aliphatic carbocycles. The average Bonchev–Trinajstić information content (AvgIpc) is 2.36. The third-order valence-electron chi connectivity index (χ3n) is 3.13. The van der Waals surface area contributed by atoms with Crippen LogP contribution in [0.1, 0.15) is 16.7 Å². The monoisotopic (exact) mass is 289 g/mol. The van der Waals surface area contributed by atoms with Gasteiger partial charge in [0.05, 0.1) is 10.6 Å². The van der Waals surface area contributed by atoms with Gasteiger partial charge in [0.25, 0.3) is 10.0 Å². The van der Waals surface area contributed by atoms with Gasteiger partial charge in [-0.3, -0.25) is 4.79 Å². The van der Waals surface area contributed by atoms with E-state index in [2.05, 4.69) is 4.40 Å². The summed E-state index contributed by atoms with van der Waals surface area (Å²) in [5, 5.41) is 0. The van der Waals surface area contributed by atoms with Crippen LogP contribution in [0.5, 0.6) is 0 Å². The lowest BCUT2D eigenvalue weighted by atomic mass is 10.1. The molecule has 0 bridgehead atoms. The number of allylic oxidation sites excluding steroid dienone is 4. The number of ketones is 1. The van der Waals surface area contributed by atoms with Crippen molar-refractivity contribution < 1.29 is 13.2 Å². The van der Waals surface area contributed by atoms with E-state index in [0.717, 1.165) is 11.1 Å². The molecule has 0 atom stereocenters. The van der Waals surface area contributed by atoms with Gasteiger partial charge in [0.2, 0.25) is 0 Å². The standard InChI is InChI=1S/C15H15NO3S/c1-10-8-12(3)15(9-11(10)2)20(18,19)16-13-4-6-14(17)7-5-13/h4-9H,1-3H3. The van der Waals surface area contributed by atoms with Gasteiger partial charge in [0.15, 0.2) is 5.78 Å². The molecule has 0 fully saturated rings. The largest absolute Gasteiger partial charge is 0.290 e. The second-order valence-corrected chi connectivity index (χ2v) is 6.33. The van der Waals surface area contributed by atoms with Gasteiger partial charge in [-0.25, -0.2) is 0 Å². The summed E-state index contributed by atoms with van der Waals surface area (Å²) in [5.41, 5.74) is 2.86. The Bertz CT molecular complexity index is 751. The lowest BCUT2D eigenvalue weighted by Crippen LogP contribution is -2.06. The molecule has 5 heteroatoms. The molecule has 0 N–H and O–H groups in total. The third-order valence-corrected chi connectivity index (χ3v) is 4.58. The molecule has 0 unspecified atom stereocenters.